The van der Waals surface area contributed by atoms with E-state index in [1.165, 1.54) is 0 Å². The van der Waals surface area contributed by atoms with Gasteiger partial charge in [0.05, 0.1) is 11.1 Å². The van der Waals surface area contributed by atoms with Gasteiger partial charge in [-0.25, -0.2) is 0 Å². The standard InChI is InChI=1S/C19H24N2O2/c1-19(2,3)18(22)23-16-9-8-14-6-4-5-7-15(14)17(16)21-12-10-20-11-13-21/h4-9,20H,10-13H2,1-3H3. The highest BCUT2D eigenvalue weighted by atomic mass is 16.5. The van der Waals surface area contributed by atoms with E-state index in [-0.39, 0.29) is 5.97 Å². The minimum absolute atomic E-state index is 0.204. The molecule has 2 aromatic carbocycles. The van der Waals surface area contributed by atoms with Crippen molar-refractivity contribution in [2.24, 2.45) is 5.41 Å². The zero-order chi connectivity index (χ0) is 16.4. The number of carbonyl (C=O) groups is 1. The average molecular weight is 312 g/mol. The highest BCUT2D eigenvalue weighted by Gasteiger charge is 2.26. The van der Waals surface area contributed by atoms with Crippen LogP contribution >= 0.6 is 0 Å². The van der Waals surface area contributed by atoms with Gasteiger partial charge in [0.1, 0.15) is 0 Å². The molecule has 0 bridgehead atoms. The normalized spacial score (nSPS) is 15.7. The molecule has 1 fully saturated rings. The molecule has 4 nitrogen and oxygen atoms in total. The summed E-state index contributed by atoms with van der Waals surface area (Å²) >= 11 is 0. The third-order valence-corrected chi connectivity index (χ3v) is 4.11. The molecule has 1 N–H and O–H groups in total. The average Bonchev–Trinajstić information content (AvgIpc) is 2.54. The summed E-state index contributed by atoms with van der Waals surface area (Å²) in [7, 11) is 0. The van der Waals surface area contributed by atoms with Gasteiger partial charge in [-0.05, 0) is 32.2 Å². The summed E-state index contributed by atoms with van der Waals surface area (Å²) in [4.78, 5) is 14.7. The van der Waals surface area contributed by atoms with Crippen LogP contribution in [0, 0.1) is 5.41 Å². The Labute approximate surface area is 137 Å². The van der Waals surface area contributed by atoms with E-state index in [0.717, 1.165) is 42.6 Å². The van der Waals surface area contributed by atoms with E-state index < -0.39 is 5.41 Å². The first-order valence-corrected chi connectivity index (χ1v) is 8.16. The number of fused-ring (bicyclic) bond motifs is 1. The monoisotopic (exact) mass is 312 g/mol. The van der Waals surface area contributed by atoms with Crippen LogP contribution < -0.4 is 15.0 Å². The molecule has 122 valence electrons. The van der Waals surface area contributed by atoms with Gasteiger partial charge in [-0.15, -0.1) is 0 Å². The second-order valence-electron chi connectivity index (χ2n) is 7.01. The van der Waals surface area contributed by atoms with Crippen molar-refractivity contribution >= 4 is 22.4 Å². The van der Waals surface area contributed by atoms with Gasteiger partial charge in [0.2, 0.25) is 0 Å². The second kappa shape index (κ2) is 6.20. The fourth-order valence-electron chi connectivity index (χ4n) is 2.79. The molecule has 1 aliphatic rings. The van der Waals surface area contributed by atoms with Crippen LogP contribution in [0.4, 0.5) is 5.69 Å². The van der Waals surface area contributed by atoms with Crippen LogP contribution in [0.5, 0.6) is 5.75 Å². The van der Waals surface area contributed by atoms with Crippen LogP contribution in [0.1, 0.15) is 20.8 Å². The van der Waals surface area contributed by atoms with Crippen molar-refractivity contribution in [3.8, 4) is 5.75 Å². The summed E-state index contributed by atoms with van der Waals surface area (Å²) in [5.41, 5.74) is 0.508. The molecule has 0 amide bonds. The van der Waals surface area contributed by atoms with E-state index in [4.69, 9.17) is 4.74 Å². The molecule has 1 heterocycles. The number of hydrogen-bond acceptors (Lipinski definition) is 4. The molecule has 0 aliphatic carbocycles. The van der Waals surface area contributed by atoms with Crippen LogP contribution in [-0.4, -0.2) is 32.1 Å². The zero-order valence-electron chi connectivity index (χ0n) is 14.1. The molecular weight excluding hydrogens is 288 g/mol. The lowest BCUT2D eigenvalue weighted by Gasteiger charge is -2.32. The number of nitrogens with one attached hydrogen (secondary N) is 1. The topological polar surface area (TPSA) is 41.6 Å². The Morgan fingerprint density at radius 3 is 2.48 bits per heavy atom. The van der Waals surface area contributed by atoms with Crippen molar-refractivity contribution in [2.75, 3.05) is 31.1 Å². The van der Waals surface area contributed by atoms with Gasteiger partial charge >= 0.3 is 5.97 Å². The maximum absolute atomic E-state index is 12.4. The molecular formula is C19H24N2O2. The molecule has 0 atom stereocenters. The number of piperazine rings is 1. The second-order valence-corrected chi connectivity index (χ2v) is 7.01. The number of hydrogen-bond donors (Lipinski definition) is 1. The Bertz CT molecular complexity index is 713. The summed E-state index contributed by atoms with van der Waals surface area (Å²) in [5.74, 6) is 0.453. The lowest BCUT2D eigenvalue weighted by molar-refractivity contribution is -0.142. The van der Waals surface area contributed by atoms with Crippen LogP contribution in [0.25, 0.3) is 10.8 Å². The lowest BCUT2D eigenvalue weighted by Crippen LogP contribution is -2.43. The molecule has 0 radical (unpaired) electrons. The number of nitrogens with zero attached hydrogens (tertiary/aromatic N) is 1. The first-order valence-electron chi connectivity index (χ1n) is 8.16. The molecule has 0 unspecified atom stereocenters. The number of esters is 1. The zero-order valence-corrected chi connectivity index (χ0v) is 14.1. The first kappa shape index (κ1) is 15.8. The van der Waals surface area contributed by atoms with Gasteiger partial charge in [-0.2, -0.15) is 0 Å². The fraction of sp³-hybridized carbons (Fsp3) is 0.421. The van der Waals surface area contributed by atoms with Crippen LogP contribution in [0.15, 0.2) is 36.4 Å². The number of benzene rings is 2. The van der Waals surface area contributed by atoms with Crippen molar-refractivity contribution in [1.82, 2.24) is 5.32 Å². The van der Waals surface area contributed by atoms with E-state index in [1.54, 1.807) is 0 Å². The minimum atomic E-state index is -0.521. The van der Waals surface area contributed by atoms with Gasteiger partial charge in [0.25, 0.3) is 0 Å². The third-order valence-electron chi connectivity index (χ3n) is 4.11. The summed E-state index contributed by atoms with van der Waals surface area (Å²) < 4.78 is 5.77. The molecule has 23 heavy (non-hydrogen) atoms. The van der Waals surface area contributed by atoms with Crippen molar-refractivity contribution in [2.45, 2.75) is 20.8 Å². The number of ether oxygens (including phenoxy) is 1. The SMILES string of the molecule is CC(C)(C)C(=O)Oc1ccc2ccccc2c1N1CCNCC1. The first-order chi connectivity index (χ1) is 11.0. The molecule has 4 heteroatoms. The summed E-state index contributed by atoms with van der Waals surface area (Å²) in [6, 6.07) is 12.2. The number of anilines is 1. The van der Waals surface area contributed by atoms with E-state index in [0.29, 0.717) is 5.75 Å². The molecule has 2 aromatic rings. The van der Waals surface area contributed by atoms with Crippen molar-refractivity contribution in [3.05, 3.63) is 36.4 Å². The molecule has 0 saturated carbocycles. The third kappa shape index (κ3) is 3.32. The molecule has 3 rings (SSSR count). The lowest BCUT2D eigenvalue weighted by atomic mass is 9.97. The summed E-state index contributed by atoms with van der Waals surface area (Å²) in [6.45, 7) is 9.33. The summed E-state index contributed by atoms with van der Waals surface area (Å²) in [5, 5.41) is 5.66. The van der Waals surface area contributed by atoms with Crippen LogP contribution in [-0.2, 0) is 4.79 Å². The van der Waals surface area contributed by atoms with Crippen molar-refractivity contribution in [1.29, 1.82) is 0 Å². The quantitative estimate of drug-likeness (QED) is 0.683. The maximum Gasteiger partial charge on any atom is 0.316 e. The predicted octanol–water partition coefficient (Wildman–Crippen LogP) is 3.20. The Hall–Kier alpha value is -2.07. The Morgan fingerprint density at radius 2 is 1.78 bits per heavy atom. The van der Waals surface area contributed by atoms with Crippen LogP contribution in [0.3, 0.4) is 0 Å². The number of rotatable bonds is 2. The largest absolute Gasteiger partial charge is 0.424 e. The smallest absolute Gasteiger partial charge is 0.316 e. The van der Waals surface area contributed by atoms with Crippen LogP contribution in [0.2, 0.25) is 0 Å². The van der Waals surface area contributed by atoms with E-state index in [9.17, 15) is 4.79 Å². The van der Waals surface area contributed by atoms with E-state index in [1.807, 2.05) is 45.0 Å². The van der Waals surface area contributed by atoms with Gasteiger partial charge < -0.3 is 15.0 Å². The number of carbonyl (C=O) groups excluding carboxylic acids is 1. The van der Waals surface area contributed by atoms with Gasteiger partial charge in [0, 0.05) is 31.6 Å². The summed E-state index contributed by atoms with van der Waals surface area (Å²) in [6.07, 6.45) is 0. The predicted molar refractivity (Wildman–Crippen MR) is 94.1 cm³/mol. The van der Waals surface area contributed by atoms with Gasteiger partial charge in [-0.3, -0.25) is 4.79 Å². The Kier molecular flexibility index (Phi) is 4.26. The molecule has 0 aromatic heterocycles. The maximum atomic E-state index is 12.4. The van der Waals surface area contributed by atoms with E-state index >= 15 is 0 Å². The van der Waals surface area contributed by atoms with Gasteiger partial charge in [-0.1, -0.05) is 30.3 Å². The molecule has 1 saturated heterocycles. The van der Waals surface area contributed by atoms with Gasteiger partial charge in [0.15, 0.2) is 5.75 Å². The fourth-order valence-corrected chi connectivity index (χ4v) is 2.79. The van der Waals surface area contributed by atoms with Crippen molar-refractivity contribution in [3.63, 3.8) is 0 Å². The van der Waals surface area contributed by atoms with Crippen molar-refractivity contribution < 1.29 is 9.53 Å². The Balaban J connectivity index is 2.07. The van der Waals surface area contributed by atoms with E-state index in [2.05, 4.69) is 22.3 Å². The Morgan fingerprint density at radius 1 is 1.09 bits per heavy atom. The highest BCUT2D eigenvalue weighted by molar-refractivity contribution is 5.98. The molecule has 1 aliphatic heterocycles. The highest BCUT2D eigenvalue weighted by Crippen LogP contribution is 2.37. The minimum Gasteiger partial charge on any atom is -0.424 e. The molecule has 0 spiro atoms.